The highest BCUT2D eigenvalue weighted by atomic mass is 79.9. The minimum atomic E-state index is -1.15. The van der Waals surface area contributed by atoms with Crippen molar-refractivity contribution in [3.05, 3.63) is 28.2 Å². The molecule has 0 atom stereocenters. The number of anilines is 1. The Balaban J connectivity index is 2.99. The third-order valence-electron chi connectivity index (χ3n) is 1.37. The van der Waals surface area contributed by atoms with Gasteiger partial charge < -0.3 is 5.11 Å². The zero-order valence-corrected chi connectivity index (χ0v) is 8.04. The molecule has 1 amide bonds. The van der Waals surface area contributed by atoms with Gasteiger partial charge in [-0.05, 0) is 18.2 Å². The van der Waals surface area contributed by atoms with E-state index in [0.29, 0.717) is 22.0 Å². The number of carbonyl (C=O) groups excluding carboxylic acids is 1. The van der Waals surface area contributed by atoms with Gasteiger partial charge in [0.2, 0.25) is 0 Å². The summed E-state index contributed by atoms with van der Waals surface area (Å²) < 4.78 is 0.637. The van der Waals surface area contributed by atoms with Gasteiger partial charge in [0.15, 0.2) is 6.29 Å². The van der Waals surface area contributed by atoms with E-state index in [9.17, 15) is 9.59 Å². The summed E-state index contributed by atoms with van der Waals surface area (Å²) in [5.41, 5.74) is 0.782. The number of aldehydes is 1. The second kappa shape index (κ2) is 4.04. The lowest BCUT2D eigenvalue weighted by Gasteiger charge is -2.02. The molecular formula is C8H6BrNO3. The summed E-state index contributed by atoms with van der Waals surface area (Å²) in [7, 11) is 0. The van der Waals surface area contributed by atoms with Crippen LogP contribution in [0.2, 0.25) is 0 Å². The fraction of sp³-hybridized carbons (Fsp3) is 0. The van der Waals surface area contributed by atoms with Crippen molar-refractivity contribution in [2.75, 3.05) is 5.32 Å². The number of halogens is 1. The number of hydrogen-bond donors (Lipinski definition) is 2. The van der Waals surface area contributed by atoms with Crippen LogP contribution in [-0.2, 0) is 0 Å². The first kappa shape index (κ1) is 9.73. The van der Waals surface area contributed by atoms with Crippen molar-refractivity contribution in [3.8, 4) is 0 Å². The molecule has 13 heavy (non-hydrogen) atoms. The first-order chi connectivity index (χ1) is 6.13. The molecule has 4 nitrogen and oxygen atoms in total. The van der Waals surface area contributed by atoms with Crippen LogP contribution < -0.4 is 5.32 Å². The van der Waals surface area contributed by atoms with Crippen molar-refractivity contribution in [1.82, 2.24) is 0 Å². The van der Waals surface area contributed by atoms with E-state index < -0.39 is 6.09 Å². The minimum Gasteiger partial charge on any atom is -0.465 e. The topological polar surface area (TPSA) is 66.4 Å². The molecule has 0 aliphatic carbocycles. The average Bonchev–Trinajstić information content (AvgIpc) is 2.07. The SMILES string of the molecule is O=Cc1cc(NC(=O)O)ccc1Br. The molecule has 0 saturated carbocycles. The molecule has 1 aromatic carbocycles. The molecule has 0 saturated heterocycles. The lowest BCUT2D eigenvalue weighted by molar-refractivity contribution is 0.112. The third-order valence-corrected chi connectivity index (χ3v) is 2.10. The smallest absolute Gasteiger partial charge is 0.409 e. The summed E-state index contributed by atoms with van der Waals surface area (Å²) in [4.78, 5) is 20.7. The average molecular weight is 244 g/mol. The van der Waals surface area contributed by atoms with Crippen LogP contribution in [-0.4, -0.2) is 17.5 Å². The van der Waals surface area contributed by atoms with Crippen molar-refractivity contribution in [2.45, 2.75) is 0 Å². The molecule has 0 fully saturated rings. The molecule has 0 aromatic heterocycles. The molecule has 1 aromatic rings. The van der Waals surface area contributed by atoms with Crippen LogP contribution in [0.25, 0.3) is 0 Å². The number of nitrogens with one attached hydrogen (secondary N) is 1. The van der Waals surface area contributed by atoms with Gasteiger partial charge in [0, 0.05) is 15.7 Å². The third kappa shape index (κ3) is 2.55. The monoisotopic (exact) mass is 243 g/mol. The fourth-order valence-corrected chi connectivity index (χ4v) is 1.18. The zero-order chi connectivity index (χ0) is 9.84. The highest BCUT2D eigenvalue weighted by molar-refractivity contribution is 9.10. The van der Waals surface area contributed by atoms with E-state index in [1.54, 1.807) is 12.1 Å². The van der Waals surface area contributed by atoms with Crippen molar-refractivity contribution in [3.63, 3.8) is 0 Å². The van der Waals surface area contributed by atoms with E-state index in [1.165, 1.54) is 6.07 Å². The molecule has 0 aliphatic rings. The summed E-state index contributed by atoms with van der Waals surface area (Å²) in [5.74, 6) is 0. The Kier molecular flexibility index (Phi) is 3.02. The Morgan fingerprint density at radius 3 is 2.77 bits per heavy atom. The van der Waals surface area contributed by atoms with E-state index in [0.717, 1.165) is 0 Å². The van der Waals surface area contributed by atoms with Gasteiger partial charge in [-0.25, -0.2) is 4.79 Å². The summed E-state index contributed by atoms with van der Waals surface area (Å²) in [5, 5.41) is 10.5. The zero-order valence-electron chi connectivity index (χ0n) is 6.45. The molecular weight excluding hydrogens is 238 g/mol. The Morgan fingerprint density at radius 1 is 1.54 bits per heavy atom. The summed E-state index contributed by atoms with van der Waals surface area (Å²) in [6, 6.07) is 4.62. The van der Waals surface area contributed by atoms with E-state index in [-0.39, 0.29) is 0 Å². The summed E-state index contributed by atoms with van der Waals surface area (Å²) in [6.45, 7) is 0. The summed E-state index contributed by atoms with van der Waals surface area (Å²) in [6.07, 6.45) is -0.504. The quantitative estimate of drug-likeness (QED) is 0.784. The number of hydrogen-bond acceptors (Lipinski definition) is 2. The molecule has 0 aliphatic heterocycles. The molecule has 0 heterocycles. The first-order valence-electron chi connectivity index (χ1n) is 3.38. The van der Waals surface area contributed by atoms with Crippen LogP contribution in [0.4, 0.5) is 10.5 Å². The van der Waals surface area contributed by atoms with Crippen molar-refractivity contribution in [1.29, 1.82) is 0 Å². The molecule has 0 bridgehead atoms. The van der Waals surface area contributed by atoms with Crippen molar-refractivity contribution in [2.24, 2.45) is 0 Å². The van der Waals surface area contributed by atoms with E-state index in [2.05, 4.69) is 21.2 Å². The van der Waals surface area contributed by atoms with Crippen LogP contribution >= 0.6 is 15.9 Å². The maximum atomic E-state index is 10.5. The lowest BCUT2D eigenvalue weighted by atomic mass is 10.2. The molecule has 0 spiro atoms. The van der Waals surface area contributed by atoms with Gasteiger partial charge in [-0.2, -0.15) is 0 Å². The molecule has 0 unspecified atom stereocenters. The Morgan fingerprint density at radius 2 is 2.23 bits per heavy atom. The van der Waals surface area contributed by atoms with Crippen LogP contribution in [0.15, 0.2) is 22.7 Å². The van der Waals surface area contributed by atoms with E-state index in [4.69, 9.17) is 5.11 Å². The van der Waals surface area contributed by atoms with Gasteiger partial charge in [-0.1, -0.05) is 15.9 Å². The van der Waals surface area contributed by atoms with Gasteiger partial charge in [-0.15, -0.1) is 0 Å². The lowest BCUT2D eigenvalue weighted by Crippen LogP contribution is -2.07. The first-order valence-corrected chi connectivity index (χ1v) is 4.17. The molecule has 2 N–H and O–H groups in total. The number of carbonyl (C=O) groups is 2. The highest BCUT2D eigenvalue weighted by Crippen LogP contribution is 2.19. The van der Waals surface area contributed by atoms with E-state index in [1.807, 2.05) is 0 Å². The van der Waals surface area contributed by atoms with Crippen molar-refractivity contribution < 1.29 is 14.7 Å². The van der Waals surface area contributed by atoms with Crippen molar-refractivity contribution >= 4 is 34.0 Å². The maximum Gasteiger partial charge on any atom is 0.409 e. The Hall–Kier alpha value is -1.36. The normalized spacial score (nSPS) is 9.31. The molecule has 0 radical (unpaired) electrons. The molecule has 68 valence electrons. The highest BCUT2D eigenvalue weighted by Gasteiger charge is 2.02. The predicted octanol–water partition coefficient (Wildman–Crippen LogP) is 2.35. The predicted molar refractivity (Wildman–Crippen MR) is 51.2 cm³/mol. The molecule has 5 heteroatoms. The number of carboxylic acid groups (broad SMARTS) is 1. The number of amides is 1. The van der Waals surface area contributed by atoms with Gasteiger partial charge in [0.25, 0.3) is 0 Å². The fourth-order valence-electron chi connectivity index (χ4n) is 0.835. The van der Waals surface area contributed by atoms with Crippen LogP contribution in [0.5, 0.6) is 0 Å². The minimum absolute atomic E-state index is 0.373. The molecule has 1 rings (SSSR count). The Bertz CT molecular complexity index is 351. The van der Waals surface area contributed by atoms with Gasteiger partial charge in [0.05, 0.1) is 0 Å². The van der Waals surface area contributed by atoms with Gasteiger partial charge in [-0.3, -0.25) is 10.1 Å². The maximum absolute atomic E-state index is 10.5. The van der Waals surface area contributed by atoms with Crippen LogP contribution in [0, 0.1) is 0 Å². The van der Waals surface area contributed by atoms with Gasteiger partial charge >= 0.3 is 6.09 Å². The number of rotatable bonds is 2. The summed E-state index contributed by atoms with van der Waals surface area (Å²) >= 11 is 3.15. The second-order valence-electron chi connectivity index (χ2n) is 2.28. The van der Waals surface area contributed by atoms with Gasteiger partial charge in [0.1, 0.15) is 0 Å². The Labute approximate surface area is 82.7 Å². The standard InChI is InChI=1S/C8H6BrNO3/c9-7-2-1-6(10-8(12)13)3-5(7)4-11/h1-4,10H,(H,12,13). The van der Waals surface area contributed by atoms with Crippen LogP contribution in [0.1, 0.15) is 10.4 Å². The van der Waals surface area contributed by atoms with E-state index >= 15 is 0 Å². The largest absolute Gasteiger partial charge is 0.465 e. The second-order valence-corrected chi connectivity index (χ2v) is 3.14. The number of benzene rings is 1. The van der Waals surface area contributed by atoms with Crippen LogP contribution in [0.3, 0.4) is 0 Å².